The largest absolute Gasteiger partial charge is 0.379 e. The van der Waals surface area contributed by atoms with Crippen molar-refractivity contribution in [1.29, 1.82) is 0 Å². The minimum atomic E-state index is -0.0826. The number of hydrogen-bond acceptors (Lipinski definition) is 3. The Labute approximate surface area is 124 Å². The highest BCUT2D eigenvalue weighted by Gasteiger charge is 2.26. The molecule has 1 heterocycles. The van der Waals surface area contributed by atoms with Gasteiger partial charge in [-0.1, -0.05) is 13.8 Å². The van der Waals surface area contributed by atoms with Crippen LogP contribution in [0.5, 0.6) is 0 Å². The summed E-state index contributed by atoms with van der Waals surface area (Å²) < 4.78 is 5.48. The van der Waals surface area contributed by atoms with Gasteiger partial charge in [-0.05, 0) is 40.0 Å². The Morgan fingerprint density at radius 1 is 1.30 bits per heavy atom. The zero-order valence-electron chi connectivity index (χ0n) is 14.0. The van der Waals surface area contributed by atoms with Crippen LogP contribution in [0, 0.1) is 5.92 Å². The third kappa shape index (κ3) is 5.41. The van der Waals surface area contributed by atoms with Gasteiger partial charge in [-0.3, -0.25) is 4.79 Å². The van der Waals surface area contributed by atoms with Crippen LogP contribution >= 0.6 is 0 Å². The van der Waals surface area contributed by atoms with Gasteiger partial charge in [0.25, 0.3) is 0 Å². The zero-order valence-corrected chi connectivity index (χ0v) is 14.0. The molecule has 1 rings (SSSR count). The van der Waals surface area contributed by atoms with E-state index in [9.17, 15) is 4.79 Å². The molecule has 1 saturated heterocycles. The van der Waals surface area contributed by atoms with E-state index >= 15 is 0 Å². The first-order valence-electron chi connectivity index (χ1n) is 7.85. The van der Waals surface area contributed by atoms with Crippen LogP contribution in [-0.4, -0.2) is 48.7 Å². The molecule has 1 fully saturated rings. The highest BCUT2D eigenvalue weighted by Crippen LogP contribution is 2.18. The van der Waals surface area contributed by atoms with Gasteiger partial charge < -0.3 is 15.0 Å². The van der Waals surface area contributed by atoms with E-state index < -0.39 is 0 Å². The molecule has 1 N–H and O–H groups in total. The Balaban J connectivity index is 2.34. The fourth-order valence-electron chi connectivity index (χ4n) is 2.91. The number of likely N-dealkylation sites (tertiary alicyclic amines) is 1. The summed E-state index contributed by atoms with van der Waals surface area (Å²) in [5.74, 6) is 0.401. The van der Waals surface area contributed by atoms with Crippen molar-refractivity contribution in [2.75, 3.05) is 20.2 Å². The molecule has 0 spiro atoms. The van der Waals surface area contributed by atoms with Crippen molar-refractivity contribution in [3.05, 3.63) is 0 Å². The van der Waals surface area contributed by atoms with Crippen LogP contribution < -0.4 is 5.32 Å². The van der Waals surface area contributed by atoms with Crippen molar-refractivity contribution < 1.29 is 9.53 Å². The predicted octanol–water partition coefficient (Wildman–Crippen LogP) is 2.43. The average molecular weight is 284 g/mol. The molecule has 0 aromatic heterocycles. The second-order valence-electron chi connectivity index (χ2n) is 6.99. The van der Waals surface area contributed by atoms with Crippen LogP contribution in [-0.2, 0) is 9.53 Å². The lowest BCUT2D eigenvalue weighted by atomic mass is 9.97. The van der Waals surface area contributed by atoms with Crippen LogP contribution in [0.1, 0.15) is 53.9 Å². The molecule has 0 aromatic carbocycles. The van der Waals surface area contributed by atoms with Gasteiger partial charge in [-0.2, -0.15) is 0 Å². The monoisotopic (exact) mass is 284 g/mol. The molecular formula is C16H32N2O2. The summed E-state index contributed by atoms with van der Waals surface area (Å²) in [6.07, 6.45) is 3.10. The number of amides is 1. The minimum absolute atomic E-state index is 0.0826. The van der Waals surface area contributed by atoms with Gasteiger partial charge in [0.05, 0.1) is 5.60 Å². The van der Waals surface area contributed by atoms with Gasteiger partial charge in [0.15, 0.2) is 0 Å². The van der Waals surface area contributed by atoms with E-state index in [0.29, 0.717) is 12.1 Å². The molecular weight excluding hydrogens is 252 g/mol. The topological polar surface area (TPSA) is 41.6 Å². The first kappa shape index (κ1) is 17.4. The first-order chi connectivity index (χ1) is 9.25. The number of piperidine rings is 1. The molecule has 118 valence electrons. The van der Waals surface area contributed by atoms with Crippen molar-refractivity contribution in [3.8, 4) is 0 Å². The molecule has 1 unspecified atom stereocenters. The van der Waals surface area contributed by atoms with Gasteiger partial charge in [0.2, 0.25) is 5.91 Å². The normalized spacial score (nSPS) is 19.4. The SMILES string of the molecule is COC(C)(C)CC(C)NC1CCN(C(=O)C(C)C)CC1. The smallest absolute Gasteiger partial charge is 0.225 e. The third-order valence-corrected chi connectivity index (χ3v) is 4.17. The Bertz CT molecular complexity index is 308. The lowest BCUT2D eigenvalue weighted by molar-refractivity contribution is -0.135. The summed E-state index contributed by atoms with van der Waals surface area (Å²) in [6.45, 7) is 12.2. The summed E-state index contributed by atoms with van der Waals surface area (Å²) in [6, 6.07) is 0.955. The summed E-state index contributed by atoms with van der Waals surface area (Å²) in [5, 5.41) is 3.68. The van der Waals surface area contributed by atoms with Crippen molar-refractivity contribution in [3.63, 3.8) is 0 Å². The third-order valence-electron chi connectivity index (χ3n) is 4.17. The lowest BCUT2D eigenvalue weighted by Gasteiger charge is -2.36. The van der Waals surface area contributed by atoms with E-state index in [-0.39, 0.29) is 17.4 Å². The minimum Gasteiger partial charge on any atom is -0.379 e. The van der Waals surface area contributed by atoms with Crippen LogP contribution in [0.2, 0.25) is 0 Å². The molecule has 4 heteroatoms. The Kier molecular flexibility index (Phi) is 6.46. The summed E-state index contributed by atoms with van der Waals surface area (Å²) in [7, 11) is 1.77. The molecule has 0 aliphatic carbocycles. The molecule has 20 heavy (non-hydrogen) atoms. The van der Waals surface area contributed by atoms with Crippen molar-refractivity contribution >= 4 is 5.91 Å². The van der Waals surface area contributed by atoms with E-state index in [1.165, 1.54) is 0 Å². The number of nitrogens with one attached hydrogen (secondary N) is 1. The second kappa shape index (κ2) is 7.41. The first-order valence-corrected chi connectivity index (χ1v) is 7.85. The molecule has 1 atom stereocenters. The summed E-state index contributed by atoms with van der Waals surface area (Å²) >= 11 is 0. The molecule has 0 aromatic rings. The average Bonchev–Trinajstić information content (AvgIpc) is 2.38. The number of rotatable bonds is 6. The van der Waals surface area contributed by atoms with Gasteiger partial charge >= 0.3 is 0 Å². The number of methoxy groups -OCH3 is 1. The van der Waals surface area contributed by atoms with Gasteiger partial charge in [0, 0.05) is 38.2 Å². The molecule has 1 aliphatic rings. The van der Waals surface area contributed by atoms with E-state index in [0.717, 1.165) is 32.4 Å². The number of nitrogens with zero attached hydrogens (tertiary/aromatic N) is 1. The molecule has 0 saturated carbocycles. The summed E-state index contributed by atoms with van der Waals surface area (Å²) in [4.78, 5) is 13.9. The number of carbonyl (C=O) groups is 1. The Hall–Kier alpha value is -0.610. The van der Waals surface area contributed by atoms with Crippen molar-refractivity contribution in [2.24, 2.45) is 5.92 Å². The Morgan fingerprint density at radius 3 is 2.30 bits per heavy atom. The number of ether oxygens (including phenoxy) is 1. The van der Waals surface area contributed by atoms with Gasteiger partial charge in [-0.15, -0.1) is 0 Å². The van der Waals surface area contributed by atoms with Crippen molar-refractivity contribution in [1.82, 2.24) is 10.2 Å². The fourth-order valence-corrected chi connectivity index (χ4v) is 2.91. The highest BCUT2D eigenvalue weighted by atomic mass is 16.5. The van der Waals surface area contributed by atoms with Crippen LogP contribution in [0.15, 0.2) is 0 Å². The standard InChI is InChI=1S/C16H32N2O2/c1-12(2)15(19)18-9-7-14(8-10-18)17-13(3)11-16(4,5)20-6/h12-14,17H,7-11H2,1-6H3. The van der Waals surface area contributed by atoms with E-state index in [1.807, 2.05) is 18.7 Å². The number of hydrogen-bond donors (Lipinski definition) is 1. The highest BCUT2D eigenvalue weighted by molar-refractivity contribution is 5.78. The van der Waals surface area contributed by atoms with Crippen LogP contribution in [0.4, 0.5) is 0 Å². The predicted molar refractivity (Wildman–Crippen MR) is 82.7 cm³/mol. The maximum atomic E-state index is 11.9. The maximum Gasteiger partial charge on any atom is 0.225 e. The van der Waals surface area contributed by atoms with Crippen LogP contribution in [0.25, 0.3) is 0 Å². The van der Waals surface area contributed by atoms with Crippen LogP contribution in [0.3, 0.4) is 0 Å². The van der Waals surface area contributed by atoms with E-state index in [1.54, 1.807) is 7.11 Å². The van der Waals surface area contributed by atoms with E-state index in [4.69, 9.17) is 4.74 Å². The lowest BCUT2D eigenvalue weighted by Crippen LogP contribution is -2.49. The zero-order chi connectivity index (χ0) is 15.3. The second-order valence-corrected chi connectivity index (χ2v) is 6.99. The summed E-state index contributed by atoms with van der Waals surface area (Å²) in [5.41, 5.74) is -0.0826. The van der Waals surface area contributed by atoms with Gasteiger partial charge in [0.1, 0.15) is 0 Å². The molecule has 0 radical (unpaired) electrons. The number of carbonyl (C=O) groups excluding carboxylic acids is 1. The quantitative estimate of drug-likeness (QED) is 0.814. The maximum absolute atomic E-state index is 11.9. The molecule has 0 bridgehead atoms. The Morgan fingerprint density at radius 2 is 1.85 bits per heavy atom. The molecule has 1 amide bonds. The van der Waals surface area contributed by atoms with Crippen molar-refractivity contribution in [2.45, 2.75) is 71.6 Å². The molecule has 4 nitrogen and oxygen atoms in total. The van der Waals surface area contributed by atoms with E-state index in [2.05, 4.69) is 26.1 Å². The fraction of sp³-hybridized carbons (Fsp3) is 0.938. The molecule has 1 aliphatic heterocycles. The van der Waals surface area contributed by atoms with Gasteiger partial charge in [-0.25, -0.2) is 0 Å².